The van der Waals surface area contributed by atoms with E-state index in [0.717, 1.165) is 12.1 Å². The maximum atomic E-state index is 13.5. The second-order valence-electron chi connectivity index (χ2n) is 3.94. The second-order valence-corrected chi connectivity index (χ2v) is 6.43. The molecule has 0 unspecified atom stereocenters. The summed E-state index contributed by atoms with van der Waals surface area (Å²) in [6, 6.07) is 1.59. The Kier molecular flexibility index (Phi) is 5.91. The van der Waals surface area contributed by atoms with Crippen molar-refractivity contribution in [3.05, 3.63) is 28.5 Å². The third-order valence-electron chi connectivity index (χ3n) is 2.50. The highest BCUT2D eigenvalue weighted by atomic mass is 35.5. The monoisotopic (exact) mass is 324 g/mol. The molecule has 5 nitrogen and oxygen atoms in total. The van der Waals surface area contributed by atoms with Crippen LogP contribution in [-0.2, 0) is 14.6 Å². The van der Waals surface area contributed by atoms with Gasteiger partial charge in [-0.05, 0) is 25.5 Å². The zero-order valence-electron chi connectivity index (χ0n) is 10.7. The molecular formula is C12H14ClFO5S. The molecule has 20 heavy (non-hydrogen) atoms. The summed E-state index contributed by atoms with van der Waals surface area (Å²) in [5, 5.41) is 8.25. The first-order valence-electron chi connectivity index (χ1n) is 5.82. The molecule has 1 aromatic rings. The summed E-state index contributed by atoms with van der Waals surface area (Å²) in [5.74, 6) is -2.82. The van der Waals surface area contributed by atoms with Gasteiger partial charge >= 0.3 is 5.97 Å². The topological polar surface area (TPSA) is 80.7 Å². The van der Waals surface area contributed by atoms with E-state index in [9.17, 15) is 17.6 Å². The van der Waals surface area contributed by atoms with Crippen molar-refractivity contribution in [3.8, 4) is 0 Å². The minimum Gasteiger partial charge on any atom is -0.478 e. The van der Waals surface area contributed by atoms with E-state index in [4.69, 9.17) is 21.4 Å². The molecular weight excluding hydrogens is 311 g/mol. The third kappa shape index (κ3) is 4.16. The van der Waals surface area contributed by atoms with Crippen LogP contribution >= 0.6 is 11.6 Å². The molecule has 1 rings (SSSR count). The van der Waals surface area contributed by atoms with E-state index in [0.29, 0.717) is 6.61 Å². The summed E-state index contributed by atoms with van der Waals surface area (Å²) in [6.07, 6.45) is 0.239. The molecule has 0 radical (unpaired) electrons. The van der Waals surface area contributed by atoms with Crippen molar-refractivity contribution in [2.45, 2.75) is 18.2 Å². The van der Waals surface area contributed by atoms with E-state index in [1.165, 1.54) is 0 Å². The normalized spacial score (nSPS) is 11.6. The molecule has 0 spiro atoms. The summed E-state index contributed by atoms with van der Waals surface area (Å²) in [7, 11) is -3.78. The Morgan fingerprint density at radius 2 is 2.10 bits per heavy atom. The molecule has 0 fully saturated rings. The fraction of sp³-hybridized carbons (Fsp3) is 0.417. The maximum Gasteiger partial charge on any atom is 0.337 e. The molecule has 0 bridgehead atoms. The van der Waals surface area contributed by atoms with E-state index >= 15 is 0 Å². The molecule has 0 aliphatic heterocycles. The van der Waals surface area contributed by atoms with Crippen LogP contribution in [0.4, 0.5) is 4.39 Å². The summed E-state index contributed by atoms with van der Waals surface area (Å²) in [4.78, 5) is 10.5. The SMILES string of the molecule is CCOCCCS(=O)(=O)c1cc(F)c(Cl)c(C(=O)O)c1. The van der Waals surface area contributed by atoms with Gasteiger partial charge in [-0.15, -0.1) is 0 Å². The standard InChI is InChI=1S/C12H14ClFO5S/c1-2-19-4-3-5-20(17,18)8-6-9(12(15)16)11(13)10(14)7-8/h6-7H,2-5H2,1H3,(H,15,16). The van der Waals surface area contributed by atoms with Crippen LogP contribution in [0.2, 0.25) is 5.02 Å². The van der Waals surface area contributed by atoms with Gasteiger partial charge in [-0.1, -0.05) is 11.6 Å². The van der Waals surface area contributed by atoms with Gasteiger partial charge in [-0.3, -0.25) is 0 Å². The third-order valence-corrected chi connectivity index (χ3v) is 4.66. The molecule has 1 N–H and O–H groups in total. The number of rotatable bonds is 7. The van der Waals surface area contributed by atoms with E-state index in [1.54, 1.807) is 6.92 Å². The first-order valence-corrected chi connectivity index (χ1v) is 7.85. The summed E-state index contributed by atoms with van der Waals surface area (Å²) in [5.41, 5.74) is -0.574. The minimum atomic E-state index is -3.78. The quantitative estimate of drug-likeness (QED) is 0.779. The van der Waals surface area contributed by atoms with Crippen molar-refractivity contribution < 1.29 is 27.4 Å². The van der Waals surface area contributed by atoms with Crippen molar-refractivity contribution in [2.75, 3.05) is 19.0 Å². The van der Waals surface area contributed by atoms with E-state index in [-0.39, 0.29) is 18.8 Å². The molecule has 1 aromatic carbocycles. The lowest BCUT2D eigenvalue weighted by Crippen LogP contribution is -2.11. The van der Waals surface area contributed by atoms with Crippen LogP contribution in [0.25, 0.3) is 0 Å². The van der Waals surface area contributed by atoms with Crippen LogP contribution in [0.5, 0.6) is 0 Å². The Bertz CT molecular complexity index is 600. The van der Waals surface area contributed by atoms with E-state index in [1.807, 2.05) is 0 Å². The predicted octanol–water partition coefficient (Wildman–Crippen LogP) is 2.38. The zero-order chi connectivity index (χ0) is 15.3. The molecule has 0 atom stereocenters. The van der Waals surface area contributed by atoms with Gasteiger partial charge in [0.25, 0.3) is 0 Å². The summed E-state index contributed by atoms with van der Waals surface area (Å²) >= 11 is 5.49. The molecule has 0 aliphatic rings. The molecule has 0 saturated carbocycles. The van der Waals surface area contributed by atoms with Gasteiger partial charge in [-0.25, -0.2) is 17.6 Å². The van der Waals surface area contributed by atoms with Crippen LogP contribution in [-0.4, -0.2) is 38.5 Å². The Balaban J connectivity index is 3.04. The number of carboxylic acids is 1. The Morgan fingerprint density at radius 3 is 2.65 bits per heavy atom. The van der Waals surface area contributed by atoms with Gasteiger partial charge in [0.2, 0.25) is 0 Å². The number of sulfone groups is 1. The predicted molar refractivity (Wildman–Crippen MR) is 71.5 cm³/mol. The first-order chi connectivity index (χ1) is 9.29. The van der Waals surface area contributed by atoms with Crippen molar-refractivity contribution >= 4 is 27.4 Å². The average Bonchev–Trinajstić information content (AvgIpc) is 2.37. The van der Waals surface area contributed by atoms with Gasteiger partial charge in [0.15, 0.2) is 9.84 Å². The van der Waals surface area contributed by atoms with Crippen LogP contribution in [0.3, 0.4) is 0 Å². The lowest BCUT2D eigenvalue weighted by molar-refractivity contribution is 0.0696. The van der Waals surface area contributed by atoms with Gasteiger partial charge in [0.1, 0.15) is 5.82 Å². The van der Waals surface area contributed by atoms with Gasteiger partial charge in [0.05, 0.1) is 21.2 Å². The Hall–Kier alpha value is -1.18. The number of benzene rings is 1. The molecule has 0 saturated heterocycles. The molecule has 0 heterocycles. The number of halogens is 2. The van der Waals surface area contributed by atoms with E-state index < -0.39 is 37.1 Å². The molecule has 0 amide bonds. The van der Waals surface area contributed by atoms with Crippen molar-refractivity contribution in [2.24, 2.45) is 0 Å². The highest BCUT2D eigenvalue weighted by Gasteiger charge is 2.21. The fourth-order valence-electron chi connectivity index (χ4n) is 1.51. The van der Waals surface area contributed by atoms with Gasteiger partial charge in [0, 0.05) is 13.2 Å². The number of hydrogen-bond donors (Lipinski definition) is 1. The van der Waals surface area contributed by atoms with Crippen molar-refractivity contribution in [3.63, 3.8) is 0 Å². The Labute approximate surface area is 121 Å². The molecule has 0 aromatic heterocycles. The van der Waals surface area contributed by atoms with Crippen LogP contribution in [0, 0.1) is 5.82 Å². The number of aromatic carboxylic acids is 1. The minimum absolute atomic E-state index is 0.239. The zero-order valence-corrected chi connectivity index (χ0v) is 12.3. The van der Waals surface area contributed by atoms with Crippen LogP contribution in [0.1, 0.15) is 23.7 Å². The first kappa shape index (κ1) is 16.9. The van der Waals surface area contributed by atoms with Gasteiger partial charge < -0.3 is 9.84 Å². The van der Waals surface area contributed by atoms with Crippen molar-refractivity contribution in [1.29, 1.82) is 0 Å². The fourth-order valence-corrected chi connectivity index (χ4v) is 3.02. The number of hydrogen-bond acceptors (Lipinski definition) is 4. The summed E-state index contributed by atoms with van der Waals surface area (Å²) < 4.78 is 42.5. The smallest absolute Gasteiger partial charge is 0.337 e. The van der Waals surface area contributed by atoms with Crippen LogP contribution in [0.15, 0.2) is 17.0 Å². The summed E-state index contributed by atoms with van der Waals surface area (Å²) in [6.45, 7) is 2.51. The molecule has 112 valence electrons. The number of ether oxygens (including phenoxy) is 1. The lowest BCUT2D eigenvalue weighted by Gasteiger charge is -2.08. The van der Waals surface area contributed by atoms with Crippen molar-refractivity contribution in [1.82, 2.24) is 0 Å². The largest absolute Gasteiger partial charge is 0.478 e. The highest BCUT2D eigenvalue weighted by molar-refractivity contribution is 7.91. The molecule has 0 aliphatic carbocycles. The van der Waals surface area contributed by atoms with Crippen LogP contribution < -0.4 is 0 Å². The second kappa shape index (κ2) is 7.01. The number of carboxylic acid groups (broad SMARTS) is 1. The van der Waals surface area contributed by atoms with Gasteiger partial charge in [-0.2, -0.15) is 0 Å². The Morgan fingerprint density at radius 1 is 1.45 bits per heavy atom. The van der Waals surface area contributed by atoms with E-state index in [2.05, 4.69) is 0 Å². The highest BCUT2D eigenvalue weighted by Crippen LogP contribution is 2.25. The average molecular weight is 325 g/mol. The number of carbonyl (C=O) groups is 1. The lowest BCUT2D eigenvalue weighted by atomic mass is 10.2. The maximum absolute atomic E-state index is 13.5. The molecule has 8 heteroatoms.